The largest absolute Gasteiger partial charge is 0.494 e. The lowest BCUT2D eigenvalue weighted by molar-refractivity contribution is 0.0982. The van der Waals surface area contributed by atoms with Crippen LogP contribution in [0.15, 0.2) is 18.2 Å². The van der Waals surface area contributed by atoms with Crippen LogP contribution in [0.2, 0.25) is 5.02 Å². The van der Waals surface area contributed by atoms with Gasteiger partial charge in [0.05, 0.1) is 11.6 Å². The van der Waals surface area contributed by atoms with Crippen molar-refractivity contribution in [2.45, 2.75) is 33.1 Å². The number of benzene rings is 1. The molecule has 16 heavy (non-hydrogen) atoms. The van der Waals surface area contributed by atoms with E-state index in [1.807, 2.05) is 13.8 Å². The van der Waals surface area contributed by atoms with E-state index in [9.17, 15) is 4.79 Å². The second-order valence-electron chi connectivity index (χ2n) is 3.66. The molecule has 0 spiro atoms. The Kier molecular flexibility index (Phi) is 5.33. The summed E-state index contributed by atoms with van der Waals surface area (Å²) in [5.74, 6) is 0.814. The van der Waals surface area contributed by atoms with Gasteiger partial charge in [-0.3, -0.25) is 4.79 Å². The summed E-state index contributed by atoms with van der Waals surface area (Å²) in [7, 11) is 0. The van der Waals surface area contributed by atoms with Crippen molar-refractivity contribution in [2.24, 2.45) is 0 Å². The summed E-state index contributed by atoms with van der Waals surface area (Å²) in [6.45, 7) is 4.68. The molecule has 0 heterocycles. The molecule has 0 aliphatic heterocycles. The van der Waals surface area contributed by atoms with E-state index in [1.165, 1.54) is 0 Å². The van der Waals surface area contributed by atoms with E-state index in [4.69, 9.17) is 16.3 Å². The van der Waals surface area contributed by atoms with Crippen LogP contribution >= 0.6 is 11.6 Å². The average molecular weight is 241 g/mol. The Bertz CT molecular complexity index is 361. The molecule has 88 valence electrons. The molecule has 3 heteroatoms. The normalized spacial score (nSPS) is 10.2. The fourth-order valence-corrected chi connectivity index (χ4v) is 1.67. The number of halogens is 1. The van der Waals surface area contributed by atoms with Gasteiger partial charge in [-0.05, 0) is 31.0 Å². The van der Waals surface area contributed by atoms with Gasteiger partial charge in [-0.25, -0.2) is 0 Å². The summed E-state index contributed by atoms with van der Waals surface area (Å²) in [6, 6.07) is 5.25. The fraction of sp³-hybridized carbons (Fsp3) is 0.462. The van der Waals surface area contributed by atoms with Gasteiger partial charge < -0.3 is 4.74 Å². The maximum Gasteiger partial charge on any atom is 0.164 e. The summed E-state index contributed by atoms with van der Waals surface area (Å²) in [4.78, 5) is 11.7. The number of rotatable bonds is 6. The van der Waals surface area contributed by atoms with Crippen LogP contribution in [0.25, 0.3) is 0 Å². The Hall–Kier alpha value is -1.02. The van der Waals surface area contributed by atoms with E-state index in [1.54, 1.807) is 18.2 Å². The maximum atomic E-state index is 11.7. The van der Waals surface area contributed by atoms with Crippen LogP contribution in [0, 0.1) is 0 Å². The first-order valence-electron chi connectivity index (χ1n) is 5.64. The minimum absolute atomic E-state index is 0.0922. The van der Waals surface area contributed by atoms with E-state index in [0.717, 1.165) is 18.6 Å². The zero-order chi connectivity index (χ0) is 12.0. The highest BCUT2D eigenvalue weighted by Gasteiger charge is 2.10. The molecule has 0 aromatic heterocycles. The molecule has 0 unspecified atom stereocenters. The molecular weight excluding hydrogens is 224 g/mol. The van der Waals surface area contributed by atoms with Gasteiger partial charge >= 0.3 is 0 Å². The Morgan fingerprint density at radius 2 is 2.06 bits per heavy atom. The van der Waals surface area contributed by atoms with Gasteiger partial charge in [0.25, 0.3) is 0 Å². The second kappa shape index (κ2) is 6.54. The monoisotopic (exact) mass is 240 g/mol. The third kappa shape index (κ3) is 3.53. The predicted molar refractivity (Wildman–Crippen MR) is 66.5 cm³/mol. The molecule has 0 N–H and O–H groups in total. The third-order valence-corrected chi connectivity index (χ3v) is 2.50. The van der Waals surface area contributed by atoms with Crippen molar-refractivity contribution in [3.05, 3.63) is 28.8 Å². The molecule has 0 radical (unpaired) electrons. The molecule has 0 atom stereocenters. The molecule has 0 bridgehead atoms. The molecule has 1 aromatic rings. The zero-order valence-corrected chi connectivity index (χ0v) is 10.5. The fourth-order valence-electron chi connectivity index (χ4n) is 1.39. The van der Waals surface area contributed by atoms with E-state index >= 15 is 0 Å². The minimum Gasteiger partial charge on any atom is -0.494 e. The highest BCUT2D eigenvalue weighted by atomic mass is 35.5. The molecule has 0 saturated heterocycles. The number of hydrogen-bond donors (Lipinski definition) is 0. The molecule has 0 saturated carbocycles. The first kappa shape index (κ1) is 13.0. The number of ether oxygens (including phenoxy) is 1. The molecule has 1 aromatic carbocycles. The molecule has 0 aliphatic carbocycles. The van der Waals surface area contributed by atoms with Crippen molar-refractivity contribution in [2.75, 3.05) is 6.61 Å². The molecule has 0 fully saturated rings. The standard InChI is InChI=1S/C13H17ClO2/c1-3-5-13(15)11-7-6-10(9-12(11)14)16-8-4-2/h6-7,9H,3-5,8H2,1-2H3. The van der Waals surface area contributed by atoms with Crippen molar-refractivity contribution in [1.82, 2.24) is 0 Å². The van der Waals surface area contributed by atoms with E-state index in [0.29, 0.717) is 23.6 Å². The SMILES string of the molecule is CCCOc1ccc(C(=O)CCC)c(Cl)c1. The zero-order valence-electron chi connectivity index (χ0n) is 9.75. The van der Waals surface area contributed by atoms with Crippen LogP contribution in [0.4, 0.5) is 0 Å². The van der Waals surface area contributed by atoms with Gasteiger partial charge in [0.2, 0.25) is 0 Å². The number of carbonyl (C=O) groups is 1. The van der Waals surface area contributed by atoms with Gasteiger partial charge in [-0.15, -0.1) is 0 Å². The number of Topliss-reactive ketones (excluding diaryl/α,β-unsaturated/α-hetero) is 1. The van der Waals surface area contributed by atoms with Crippen molar-refractivity contribution >= 4 is 17.4 Å². The first-order chi connectivity index (χ1) is 7.69. The van der Waals surface area contributed by atoms with Crippen LogP contribution in [0.5, 0.6) is 5.75 Å². The summed E-state index contributed by atoms with van der Waals surface area (Å²) >= 11 is 6.04. The second-order valence-corrected chi connectivity index (χ2v) is 4.07. The molecule has 0 amide bonds. The number of carbonyl (C=O) groups excluding carboxylic acids is 1. The Balaban J connectivity index is 2.78. The lowest BCUT2D eigenvalue weighted by Gasteiger charge is -2.07. The molecule has 2 nitrogen and oxygen atoms in total. The quantitative estimate of drug-likeness (QED) is 0.700. The Morgan fingerprint density at radius 3 is 2.62 bits per heavy atom. The summed E-state index contributed by atoms with van der Waals surface area (Å²) in [6.07, 6.45) is 2.33. The topological polar surface area (TPSA) is 26.3 Å². The van der Waals surface area contributed by atoms with Crippen LogP contribution in [0.1, 0.15) is 43.5 Å². The predicted octanol–water partition coefficient (Wildman–Crippen LogP) is 4.11. The lowest BCUT2D eigenvalue weighted by atomic mass is 10.1. The molecule has 1 rings (SSSR count). The van der Waals surface area contributed by atoms with Crippen LogP contribution < -0.4 is 4.74 Å². The summed E-state index contributed by atoms with van der Waals surface area (Å²) in [5, 5.41) is 0.479. The van der Waals surface area contributed by atoms with E-state index < -0.39 is 0 Å². The van der Waals surface area contributed by atoms with Crippen molar-refractivity contribution in [3.8, 4) is 5.75 Å². The lowest BCUT2D eigenvalue weighted by Crippen LogP contribution is -2.00. The van der Waals surface area contributed by atoms with Gasteiger partial charge in [0, 0.05) is 12.0 Å². The van der Waals surface area contributed by atoms with Gasteiger partial charge in [0.1, 0.15) is 5.75 Å². The smallest absolute Gasteiger partial charge is 0.164 e. The molecular formula is C13H17ClO2. The highest BCUT2D eigenvalue weighted by Crippen LogP contribution is 2.24. The maximum absolute atomic E-state index is 11.7. The van der Waals surface area contributed by atoms with Crippen molar-refractivity contribution < 1.29 is 9.53 Å². The van der Waals surface area contributed by atoms with Gasteiger partial charge in [0.15, 0.2) is 5.78 Å². The number of ketones is 1. The van der Waals surface area contributed by atoms with Gasteiger partial charge in [-0.1, -0.05) is 25.4 Å². The van der Waals surface area contributed by atoms with E-state index in [2.05, 4.69) is 0 Å². The van der Waals surface area contributed by atoms with E-state index in [-0.39, 0.29) is 5.78 Å². The van der Waals surface area contributed by atoms with Crippen molar-refractivity contribution in [1.29, 1.82) is 0 Å². The third-order valence-electron chi connectivity index (χ3n) is 2.19. The van der Waals surface area contributed by atoms with Crippen LogP contribution in [0.3, 0.4) is 0 Å². The van der Waals surface area contributed by atoms with Gasteiger partial charge in [-0.2, -0.15) is 0 Å². The minimum atomic E-state index is 0.0922. The average Bonchev–Trinajstić information content (AvgIpc) is 2.26. The van der Waals surface area contributed by atoms with Crippen LogP contribution in [-0.2, 0) is 0 Å². The summed E-state index contributed by atoms with van der Waals surface area (Å²) in [5.41, 5.74) is 0.590. The number of hydrogen-bond acceptors (Lipinski definition) is 2. The Morgan fingerprint density at radius 1 is 1.31 bits per heavy atom. The molecule has 0 aliphatic rings. The van der Waals surface area contributed by atoms with Crippen LogP contribution in [-0.4, -0.2) is 12.4 Å². The first-order valence-corrected chi connectivity index (χ1v) is 6.02. The van der Waals surface area contributed by atoms with Crippen molar-refractivity contribution in [3.63, 3.8) is 0 Å². The highest BCUT2D eigenvalue weighted by molar-refractivity contribution is 6.34. The Labute approximate surface area is 102 Å². The summed E-state index contributed by atoms with van der Waals surface area (Å²) < 4.78 is 5.43.